The van der Waals surface area contributed by atoms with Crippen LogP contribution in [0.2, 0.25) is 0 Å². The van der Waals surface area contributed by atoms with Gasteiger partial charge in [0.05, 0.1) is 19.3 Å². The molecule has 8 nitrogen and oxygen atoms in total. The first-order valence-electron chi connectivity index (χ1n) is 8.47. The van der Waals surface area contributed by atoms with Crippen LogP contribution in [0.3, 0.4) is 0 Å². The molecule has 0 saturated carbocycles. The van der Waals surface area contributed by atoms with Gasteiger partial charge in [0.2, 0.25) is 5.91 Å². The van der Waals surface area contributed by atoms with Crippen LogP contribution in [0.1, 0.15) is 37.6 Å². The van der Waals surface area contributed by atoms with Crippen LogP contribution in [0.15, 0.2) is 18.2 Å². The third-order valence-corrected chi connectivity index (χ3v) is 3.35. The van der Waals surface area contributed by atoms with E-state index in [-0.39, 0.29) is 11.5 Å². The van der Waals surface area contributed by atoms with Gasteiger partial charge in [0.25, 0.3) is 5.91 Å². The first-order valence-corrected chi connectivity index (χ1v) is 8.47. The van der Waals surface area contributed by atoms with E-state index in [1.165, 1.54) is 19.2 Å². The van der Waals surface area contributed by atoms with E-state index >= 15 is 0 Å². The van der Waals surface area contributed by atoms with Gasteiger partial charge in [-0.3, -0.25) is 9.59 Å². The van der Waals surface area contributed by atoms with Gasteiger partial charge < -0.3 is 24.8 Å². The Morgan fingerprint density at radius 3 is 2.50 bits per heavy atom. The van der Waals surface area contributed by atoms with E-state index in [1.54, 1.807) is 13.0 Å². The van der Waals surface area contributed by atoms with E-state index in [9.17, 15) is 14.4 Å². The van der Waals surface area contributed by atoms with Crippen molar-refractivity contribution in [3.05, 3.63) is 23.8 Å². The number of hydrogen-bond donors (Lipinski definition) is 2. The standard InChI is InChI=1S/C18H26N2O6/c1-5-9-19-17(22)12(3)20-16(21)11-26-18(23)13-7-8-14(25-6-2)15(10-13)24-4/h7-8,10,12H,5-6,9,11H2,1-4H3,(H,19,22)(H,20,21)/t12-/m0/s1. The second-order valence-corrected chi connectivity index (χ2v) is 5.46. The maximum absolute atomic E-state index is 12.1. The van der Waals surface area contributed by atoms with Crippen LogP contribution in [-0.2, 0) is 14.3 Å². The van der Waals surface area contributed by atoms with Crippen molar-refractivity contribution in [1.82, 2.24) is 10.6 Å². The summed E-state index contributed by atoms with van der Waals surface area (Å²) in [5, 5.41) is 5.14. The van der Waals surface area contributed by atoms with Crippen molar-refractivity contribution < 1.29 is 28.6 Å². The van der Waals surface area contributed by atoms with E-state index in [4.69, 9.17) is 14.2 Å². The van der Waals surface area contributed by atoms with Gasteiger partial charge >= 0.3 is 5.97 Å². The van der Waals surface area contributed by atoms with Gasteiger partial charge in [0.15, 0.2) is 18.1 Å². The molecule has 0 spiro atoms. The number of nitrogens with one attached hydrogen (secondary N) is 2. The Hall–Kier alpha value is -2.77. The molecule has 0 radical (unpaired) electrons. The molecule has 1 rings (SSSR count). The Labute approximate surface area is 153 Å². The van der Waals surface area contributed by atoms with Crippen LogP contribution >= 0.6 is 0 Å². The minimum absolute atomic E-state index is 0.229. The Morgan fingerprint density at radius 1 is 1.15 bits per heavy atom. The third-order valence-electron chi connectivity index (χ3n) is 3.35. The van der Waals surface area contributed by atoms with Gasteiger partial charge in [-0.2, -0.15) is 0 Å². The Kier molecular flexibility index (Phi) is 8.97. The lowest BCUT2D eigenvalue weighted by Crippen LogP contribution is -2.46. The molecule has 0 fully saturated rings. The highest BCUT2D eigenvalue weighted by atomic mass is 16.5. The van der Waals surface area contributed by atoms with Crippen molar-refractivity contribution in [1.29, 1.82) is 0 Å². The molecule has 2 N–H and O–H groups in total. The van der Waals surface area contributed by atoms with Crippen molar-refractivity contribution in [2.45, 2.75) is 33.2 Å². The molecule has 144 valence electrons. The molecule has 0 aliphatic heterocycles. The molecule has 8 heteroatoms. The van der Waals surface area contributed by atoms with Gasteiger partial charge in [-0.1, -0.05) is 6.92 Å². The van der Waals surface area contributed by atoms with Gasteiger partial charge in [-0.15, -0.1) is 0 Å². The molecular weight excluding hydrogens is 340 g/mol. The average molecular weight is 366 g/mol. The number of benzene rings is 1. The number of methoxy groups -OCH3 is 1. The summed E-state index contributed by atoms with van der Waals surface area (Å²) in [6.45, 7) is 5.84. The molecule has 0 bridgehead atoms. The van der Waals surface area contributed by atoms with Crippen molar-refractivity contribution >= 4 is 17.8 Å². The quantitative estimate of drug-likeness (QED) is 0.605. The Morgan fingerprint density at radius 2 is 1.88 bits per heavy atom. The minimum Gasteiger partial charge on any atom is -0.493 e. The maximum Gasteiger partial charge on any atom is 0.338 e. The monoisotopic (exact) mass is 366 g/mol. The number of hydrogen-bond acceptors (Lipinski definition) is 6. The van der Waals surface area contributed by atoms with E-state index in [2.05, 4.69) is 10.6 Å². The lowest BCUT2D eigenvalue weighted by Gasteiger charge is -2.14. The summed E-state index contributed by atoms with van der Waals surface area (Å²) >= 11 is 0. The molecule has 1 aromatic rings. The minimum atomic E-state index is -0.710. The van der Waals surface area contributed by atoms with Gasteiger partial charge in [0.1, 0.15) is 6.04 Å². The number of carbonyl (C=O) groups excluding carboxylic acids is 3. The third kappa shape index (κ3) is 6.62. The normalized spacial score (nSPS) is 11.2. The zero-order valence-electron chi connectivity index (χ0n) is 15.6. The first kappa shape index (κ1) is 21.3. The van der Waals surface area contributed by atoms with Crippen LogP contribution in [0, 0.1) is 0 Å². The molecule has 0 heterocycles. The molecule has 1 aromatic carbocycles. The maximum atomic E-state index is 12.1. The second kappa shape index (κ2) is 11.0. The highest BCUT2D eigenvalue weighted by Gasteiger charge is 2.17. The smallest absolute Gasteiger partial charge is 0.338 e. The summed E-state index contributed by atoms with van der Waals surface area (Å²) in [5.74, 6) is -0.619. The van der Waals surface area contributed by atoms with E-state index < -0.39 is 24.5 Å². The van der Waals surface area contributed by atoms with Crippen LogP contribution in [0.4, 0.5) is 0 Å². The fraction of sp³-hybridized carbons (Fsp3) is 0.500. The molecule has 26 heavy (non-hydrogen) atoms. The van der Waals surface area contributed by atoms with Crippen LogP contribution < -0.4 is 20.1 Å². The molecule has 1 atom stereocenters. The van der Waals surface area contributed by atoms with Crippen LogP contribution in [0.5, 0.6) is 11.5 Å². The number of carbonyl (C=O) groups is 3. The number of esters is 1. The summed E-state index contributed by atoms with van der Waals surface area (Å²) in [4.78, 5) is 35.6. The molecule has 0 saturated heterocycles. The molecule has 0 unspecified atom stereocenters. The number of ether oxygens (including phenoxy) is 3. The fourth-order valence-corrected chi connectivity index (χ4v) is 2.03. The lowest BCUT2D eigenvalue weighted by atomic mass is 10.2. The zero-order chi connectivity index (χ0) is 19.5. The number of amides is 2. The highest BCUT2D eigenvalue weighted by Crippen LogP contribution is 2.28. The van der Waals surface area contributed by atoms with Gasteiger partial charge in [-0.05, 0) is 38.5 Å². The molecule has 0 aliphatic rings. The van der Waals surface area contributed by atoms with Crippen molar-refractivity contribution in [2.75, 3.05) is 26.9 Å². The van der Waals surface area contributed by atoms with Crippen LogP contribution in [0.25, 0.3) is 0 Å². The Balaban J connectivity index is 2.55. The molecule has 0 aliphatic carbocycles. The summed E-state index contributed by atoms with van der Waals surface area (Å²) < 4.78 is 15.5. The van der Waals surface area contributed by atoms with Crippen molar-refractivity contribution in [3.8, 4) is 11.5 Å². The highest BCUT2D eigenvalue weighted by molar-refractivity contribution is 5.93. The van der Waals surface area contributed by atoms with E-state index in [1.807, 2.05) is 13.8 Å². The van der Waals surface area contributed by atoms with Crippen molar-refractivity contribution in [2.24, 2.45) is 0 Å². The Bertz CT molecular complexity index is 632. The van der Waals surface area contributed by atoms with E-state index in [0.29, 0.717) is 24.7 Å². The topological polar surface area (TPSA) is 103 Å². The zero-order valence-corrected chi connectivity index (χ0v) is 15.6. The van der Waals surface area contributed by atoms with Gasteiger partial charge in [-0.25, -0.2) is 4.79 Å². The first-order chi connectivity index (χ1) is 12.4. The predicted molar refractivity (Wildman–Crippen MR) is 95.4 cm³/mol. The summed E-state index contributed by atoms with van der Waals surface area (Å²) in [5.41, 5.74) is 0.229. The molecular formula is C18H26N2O6. The summed E-state index contributed by atoms with van der Waals surface area (Å²) in [6, 6.07) is 3.89. The summed E-state index contributed by atoms with van der Waals surface area (Å²) in [7, 11) is 1.46. The largest absolute Gasteiger partial charge is 0.493 e. The SMILES string of the molecule is CCCNC(=O)[C@H](C)NC(=O)COC(=O)c1ccc(OCC)c(OC)c1. The fourth-order valence-electron chi connectivity index (χ4n) is 2.03. The predicted octanol–water partition coefficient (Wildman–Crippen LogP) is 1.28. The summed E-state index contributed by atoms with van der Waals surface area (Å²) in [6.07, 6.45) is 0.801. The molecule has 0 aromatic heterocycles. The number of rotatable bonds is 10. The van der Waals surface area contributed by atoms with Gasteiger partial charge in [0, 0.05) is 6.54 Å². The van der Waals surface area contributed by atoms with Crippen LogP contribution in [-0.4, -0.2) is 50.7 Å². The average Bonchev–Trinajstić information content (AvgIpc) is 2.64. The van der Waals surface area contributed by atoms with E-state index in [0.717, 1.165) is 6.42 Å². The van der Waals surface area contributed by atoms with Crippen molar-refractivity contribution in [3.63, 3.8) is 0 Å². The molecule has 2 amide bonds. The second-order valence-electron chi connectivity index (χ2n) is 5.46. The lowest BCUT2D eigenvalue weighted by molar-refractivity contribution is -0.130.